The molecule has 0 atom stereocenters. The van der Waals surface area contributed by atoms with Crippen molar-refractivity contribution in [1.29, 1.82) is 0 Å². The van der Waals surface area contributed by atoms with Gasteiger partial charge < -0.3 is 0 Å². The van der Waals surface area contributed by atoms with E-state index >= 15 is 0 Å². The number of rotatable bonds is 2. The molecule has 0 saturated heterocycles. The van der Waals surface area contributed by atoms with Gasteiger partial charge in [0.15, 0.2) is 0 Å². The van der Waals surface area contributed by atoms with Crippen LogP contribution in [0.4, 0.5) is 0 Å². The average molecular weight is 194 g/mol. The summed E-state index contributed by atoms with van der Waals surface area (Å²) in [6.07, 6.45) is 4.92. The molecule has 0 fully saturated rings. The van der Waals surface area contributed by atoms with Crippen LogP contribution in [-0.2, 0) is 7.05 Å². The summed E-state index contributed by atoms with van der Waals surface area (Å²) in [5.74, 6) is 0. The van der Waals surface area contributed by atoms with Gasteiger partial charge >= 0.3 is 0 Å². The fourth-order valence-electron chi connectivity index (χ4n) is 0.739. The molecule has 13 heavy (non-hydrogen) atoms. The lowest BCUT2D eigenvalue weighted by Gasteiger charge is -1.95. The van der Waals surface area contributed by atoms with Crippen molar-refractivity contribution in [3.8, 4) is 0 Å². The minimum absolute atomic E-state index is 0.695. The van der Waals surface area contributed by atoms with Crippen LogP contribution in [-0.4, -0.2) is 30.2 Å². The molecule has 0 aliphatic rings. The molecule has 0 radical (unpaired) electrons. The number of aromatic nitrogens is 6. The van der Waals surface area contributed by atoms with E-state index in [-0.39, 0.29) is 0 Å². The number of hydrogen-bond donors (Lipinski definition) is 0. The summed E-state index contributed by atoms with van der Waals surface area (Å²) in [7, 11) is 1.78. The van der Waals surface area contributed by atoms with Crippen LogP contribution in [0, 0.1) is 0 Å². The second kappa shape index (κ2) is 3.48. The molecule has 6 nitrogen and oxygen atoms in total. The molecule has 0 unspecified atom stereocenters. The topological polar surface area (TPSA) is 69.4 Å². The standard InChI is InChI=1S/C6H6N6S/c1-12-6(9-10-11-12)13-5-4-7-2-3-8-5/h2-4H,1H3. The number of aryl methyl sites for hydroxylation is 1. The Morgan fingerprint density at radius 2 is 2.31 bits per heavy atom. The van der Waals surface area contributed by atoms with E-state index in [1.54, 1.807) is 30.3 Å². The van der Waals surface area contributed by atoms with Crippen LogP contribution in [0.15, 0.2) is 28.8 Å². The normalized spacial score (nSPS) is 10.2. The van der Waals surface area contributed by atoms with E-state index in [9.17, 15) is 0 Å². The molecule has 0 bridgehead atoms. The summed E-state index contributed by atoms with van der Waals surface area (Å²) in [6.45, 7) is 0. The molecular weight excluding hydrogens is 188 g/mol. The highest BCUT2D eigenvalue weighted by molar-refractivity contribution is 7.99. The molecule has 2 aromatic rings. The molecule has 2 heterocycles. The molecule has 0 N–H and O–H groups in total. The number of tetrazole rings is 1. The highest BCUT2D eigenvalue weighted by Crippen LogP contribution is 2.20. The Bertz CT molecular complexity index is 385. The molecule has 0 aromatic carbocycles. The van der Waals surface area contributed by atoms with Crippen LogP contribution in [0.25, 0.3) is 0 Å². The highest BCUT2D eigenvalue weighted by atomic mass is 32.2. The summed E-state index contributed by atoms with van der Waals surface area (Å²) in [4.78, 5) is 8.02. The fourth-order valence-corrected chi connectivity index (χ4v) is 1.40. The molecule has 0 saturated carbocycles. The molecule has 2 aromatic heterocycles. The lowest BCUT2D eigenvalue weighted by atomic mass is 10.8. The highest BCUT2D eigenvalue weighted by Gasteiger charge is 2.04. The maximum absolute atomic E-state index is 4.09. The summed E-state index contributed by atoms with van der Waals surface area (Å²) >= 11 is 1.37. The van der Waals surface area contributed by atoms with Gasteiger partial charge in [0.05, 0.1) is 6.20 Å². The van der Waals surface area contributed by atoms with Gasteiger partial charge in [0.2, 0.25) is 5.16 Å². The van der Waals surface area contributed by atoms with Gasteiger partial charge in [0.25, 0.3) is 0 Å². The van der Waals surface area contributed by atoms with E-state index in [0.717, 1.165) is 5.03 Å². The van der Waals surface area contributed by atoms with Gasteiger partial charge in [-0.15, -0.1) is 5.10 Å². The third-order valence-electron chi connectivity index (χ3n) is 1.32. The maximum atomic E-state index is 4.09. The van der Waals surface area contributed by atoms with Crippen LogP contribution in [0.1, 0.15) is 0 Å². The third-order valence-corrected chi connectivity index (χ3v) is 2.27. The zero-order valence-electron chi connectivity index (χ0n) is 6.82. The molecule has 2 rings (SSSR count). The Hall–Kier alpha value is -1.50. The third kappa shape index (κ3) is 1.81. The van der Waals surface area contributed by atoms with Crippen LogP contribution in [0.5, 0.6) is 0 Å². The predicted octanol–water partition coefficient (Wildman–Crippen LogP) is 0.151. The molecule has 66 valence electrons. The van der Waals surface area contributed by atoms with Crippen molar-refractivity contribution in [2.45, 2.75) is 10.2 Å². The van der Waals surface area contributed by atoms with Gasteiger partial charge in [-0.25, -0.2) is 9.67 Å². The largest absolute Gasteiger partial charge is 0.260 e. The summed E-state index contributed by atoms with van der Waals surface area (Å²) < 4.78 is 1.58. The summed E-state index contributed by atoms with van der Waals surface area (Å²) in [5, 5.41) is 12.5. The Labute approximate surface area is 78.4 Å². The van der Waals surface area contributed by atoms with Gasteiger partial charge in [-0.05, 0) is 22.2 Å². The summed E-state index contributed by atoms with van der Waals surface area (Å²) in [5.41, 5.74) is 0. The molecule has 0 aliphatic carbocycles. The Balaban J connectivity index is 2.20. The van der Waals surface area contributed by atoms with E-state index in [1.165, 1.54) is 11.8 Å². The minimum Gasteiger partial charge on any atom is -0.260 e. The zero-order valence-corrected chi connectivity index (χ0v) is 7.64. The Kier molecular flexibility index (Phi) is 2.17. The molecule has 0 amide bonds. The monoisotopic (exact) mass is 194 g/mol. The van der Waals surface area contributed by atoms with Crippen molar-refractivity contribution in [2.75, 3.05) is 0 Å². The molecule has 0 spiro atoms. The van der Waals surface area contributed by atoms with Gasteiger partial charge in [-0.2, -0.15) is 0 Å². The van der Waals surface area contributed by atoms with Gasteiger partial charge in [0.1, 0.15) is 5.03 Å². The molecule has 7 heteroatoms. The van der Waals surface area contributed by atoms with Crippen molar-refractivity contribution >= 4 is 11.8 Å². The van der Waals surface area contributed by atoms with Crippen molar-refractivity contribution in [2.24, 2.45) is 7.05 Å². The van der Waals surface area contributed by atoms with Crippen molar-refractivity contribution in [3.05, 3.63) is 18.6 Å². The Morgan fingerprint density at radius 1 is 1.38 bits per heavy atom. The van der Waals surface area contributed by atoms with Crippen LogP contribution >= 0.6 is 11.8 Å². The Morgan fingerprint density at radius 3 is 2.92 bits per heavy atom. The van der Waals surface area contributed by atoms with Gasteiger partial charge in [-0.1, -0.05) is 0 Å². The first kappa shape index (κ1) is 8.11. The number of nitrogens with zero attached hydrogens (tertiary/aromatic N) is 6. The maximum Gasteiger partial charge on any atom is 0.215 e. The first-order chi connectivity index (χ1) is 6.36. The van der Waals surface area contributed by atoms with E-state index < -0.39 is 0 Å². The van der Waals surface area contributed by atoms with E-state index in [0.29, 0.717) is 5.16 Å². The van der Waals surface area contributed by atoms with Gasteiger partial charge in [0, 0.05) is 19.4 Å². The quantitative estimate of drug-likeness (QED) is 0.677. The second-order valence-electron chi connectivity index (χ2n) is 2.23. The van der Waals surface area contributed by atoms with Crippen LogP contribution in [0.2, 0.25) is 0 Å². The zero-order chi connectivity index (χ0) is 9.10. The second-order valence-corrected chi connectivity index (χ2v) is 3.22. The smallest absolute Gasteiger partial charge is 0.215 e. The van der Waals surface area contributed by atoms with Crippen molar-refractivity contribution < 1.29 is 0 Å². The first-order valence-electron chi connectivity index (χ1n) is 3.52. The lowest BCUT2D eigenvalue weighted by Crippen LogP contribution is -1.93. The average Bonchev–Trinajstić information content (AvgIpc) is 2.54. The van der Waals surface area contributed by atoms with Crippen LogP contribution < -0.4 is 0 Å². The van der Waals surface area contributed by atoms with Crippen molar-refractivity contribution in [1.82, 2.24) is 30.2 Å². The molecule has 0 aliphatic heterocycles. The van der Waals surface area contributed by atoms with E-state index in [1.807, 2.05) is 0 Å². The van der Waals surface area contributed by atoms with Crippen LogP contribution in [0.3, 0.4) is 0 Å². The predicted molar refractivity (Wildman–Crippen MR) is 45.0 cm³/mol. The van der Waals surface area contributed by atoms with Crippen molar-refractivity contribution in [3.63, 3.8) is 0 Å². The van der Waals surface area contributed by atoms with E-state index in [4.69, 9.17) is 0 Å². The number of hydrogen-bond acceptors (Lipinski definition) is 6. The van der Waals surface area contributed by atoms with Gasteiger partial charge in [-0.3, -0.25) is 4.98 Å². The van der Waals surface area contributed by atoms with E-state index in [2.05, 4.69) is 25.5 Å². The fraction of sp³-hybridized carbons (Fsp3) is 0.167. The lowest BCUT2D eigenvalue weighted by molar-refractivity contribution is 0.664. The molecular formula is C6H6N6S. The minimum atomic E-state index is 0.695. The SMILES string of the molecule is Cn1nnnc1Sc1cnccn1. The summed E-state index contributed by atoms with van der Waals surface area (Å²) in [6, 6.07) is 0. The first-order valence-corrected chi connectivity index (χ1v) is 4.34.